The van der Waals surface area contributed by atoms with Gasteiger partial charge < -0.3 is 19.9 Å². The third kappa shape index (κ3) is 10.7. The second-order valence-electron chi connectivity index (χ2n) is 11.9. The van der Waals surface area contributed by atoms with E-state index in [4.69, 9.17) is 14.7 Å². The van der Waals surface area contributed by atoms with Gasteiger partial charge in [-0.3, -0.25) is 14.8 Å². The number of aliphatic hydroxyl groups is 1. The maximum Gasteiger partial charge on any atom is 0.243 e. The molecule has 4 N–H and O–H groups in total. The third-order valence-electron chi connectivity index (χ3n) is 8.26. The van der Waals surface area contributed by atoms with Gasteiger partial charge in [-0.15, -0.1) is 11.8 Å². The summed E-state index contributed by atoms with van der Waals surface area (Å²) in [7, 11) is 0. The number of carbonyl (C=O) groups excluding carboxylic acids is 2. The highest BCUT2D eigenvalue weighted by atomic mass is 32.2. The molecule has 48 heavy (non-hydrogen) atoms. The van der Waals surface area contributed by atoms with E-state index in [2.05, 4.69) is 34.6 Å². The van der Waals surface area contributed by atoms with Crippen LogP contribution in [0.3, 0.4) is 0 Å². The van der Waals surface area contributed by atoms with Crippen molar-refractivity contribution in [3.05, 3.63) is 119 Å². The predicted octanol–water partition coefficient (Wildman–Crippen LogP) is 7.04. The van der Waals surface area contributed by atoms with Crippen molar-refractivity contribution in [2.75, 3.05) is 5.75 Å². The molecule has 0 bridgehead atoms. The van der Waals surface area contributed by atoms with Gasteiger partial charge in [0.15, 0.2) is 6.29 Å². The van der Waals surface area contributed by atoms with Crippen LogP contribution in [-0.2, 0) is 32.2 Å². The number of benzene rings is 3. The Morgan fingerprint density at radius 3 is 2.27 bits per heavy atom. The summed E-state index contributed by atoms with van der Waals surface area (Å²) in [4.78, 5) is 28.0. The van der Waals surface area contributed by atoms with Gasteiger partial charge in [0.25, 0.3) is 0 Å². The SMILES string of the molecule is O=C(CCCCCCC(=O)NCc1cccc(-c2cccc([C@H]3O[C@@H](CSc4ccccn4)C[C@@H](c4ccc(CO)cc4)O3)c2)c1)NO. The molecule has 2 heterocycles. The number of carbonyl (C=O) groups is 2. The van der Waals surface area contributed by atoms with Gasteiger partial charge >= 0.3 is 0 Å². The van der Waals surface area contributed by atoms with Crippen molar-refractivity contribution in [2.24, 2.45) is 0 Å². The fourth-order valence-electron chi connectivity index (χ4n) is 5.63. The van der Waals surface area contributed by atoms with Crippen LogP contribution in [0.2, 0.25) is 0 Å². The van der Waals surface area contributed by atoms with Crippen molar-refractivity contribution >= 4 is 23.6 Å². The number of unbranched alkanes of at least 4 members (excludes halogenated alkanes) is 3. The van der Waals surface area contributed by atoms with Crippen molar-refractivity contribution in [3.8, 4) is 11.1 Å². The summed E-state index contributed by atoms with van der Waals surface area (Å²) in [5.41, 5.74) is 7.53. The molecule has 252 valence electrons. The standard InChI is InChI=1S/C38H43N3O6S/c42-25-27-16-18-29(19-17-27)34-23-33(26-48-37-15-5-6-20-39-37)46-38(47-34)32-12-8-11-31(22-32)30-10-7-9-28(21-30)24-40-35(43)13-3-1-2-4-14-36(44)41-45/h5-12,15-22,33-34,38,42,45H,1-4,13-14,23-26H2,(H,40,43)(H,41,44)/t33-,34+,38+/m1/s1. The molecule has 5 rings (SSSR count). The van der Waals surface area contributed by atoms with Crippen LogP contribution < -0.4 is 10.8 Å². The summed E-state index contributed by atoms with van der Waals surface area (Å²) in [6, 6.07) is 30.2. The van der Waals surface area contributed by atoms with E-state index in [1.807, 2.05) is 66.7 Å². The van der Waals surface area contributed by atoms with Crippen molar-refractivity contribution in [3.63, 3.8) is 0 Å². The highest BCUT2D eigenvalue weighted by Gasteiger charge is 2.32. The fourth-order valence-corrected chi connectivity index (χ4v) is 6.51. The highest BCUT2D eigenvalue weighted by molar-refractivity contribution is 7.99. The maximum atomic E-state index is 12.4. The van der Waals surface area contributed by atoms with Crippen LogP contribution in [0.4, 0.5) is 0 Å². The van der Waals surface area contributed by atoms with E-state index < -0.39 is 6.29 Å². The number of nitrogens with zero attached hydrogens (tertiary/aromatic N) is 1. The van der Waals surface area contributed by atoms with E-state index in [1.54, 1.807) is 23.4 Å². The van der Waals surface area contributed by atoms with Crippen molar-refractivity contribution < 1.29 is 29.4 Å². The number of hydrogen-bond donors (Lipinski definition) is 4. The fraction of sp³-hybridized carbons (Fsp3) is 0.342. The van der Waals surface area contributed by atoms with E-state index in [1.165, 1.54) is 0 Å². The Kier molecular flexibility index (Phi) is 13.6. The molecule has 0 saturated carbocycles. The monoisotopic (exact) mass is 669 g/mol. The van der Waals surface area contributed by atoms with Gasteiger partial charge in [0, 0.05) is 43.3 Å². The van der Waals surface area contributed by atoms with Crippen LogP contribution in [0.25, 0.3) is 11.1 Å². The molecule has 1 aromatic heterocycles. The minimum Gasteiger partial charge on any atom is -0.392 e. The van der Waals surface area contributed by atoms with E-state index in [-0.39, 0.29) is 37.0 Å². The highest BCUT2D eigenvalue weighted by Crippen LogP contribution is 2.40. The first-order valence-corrected chi connectivity index (χ1v) is 17.4. The van der Waals surface area contributed by atoms with E-state index in [9.17, 15) is 14.7 Å². The minimum absolute atomic E-state index is 0.00147. The summed E-state index contributed by atoms with van der Waals surface area (Å²) in [6.45, 7) is 0.433. The number of rotatable bonds is 16. The molecule has 10 heteroatoms. The van der Waals surface area contributed by atoms with E-state index >= 15 is 0 Å². The van der Waals surface area contributed by atoms with Crippen LogP contribution in [0.1, 0.15) is 79.6 Å². The van der Waals surface area contributed by atoms with Crippen molar-refractivity contribution in [2.45, 2.75) is 81.6 Å². The molecule has 0 spiro atoms. The van der Waals surface area contributed by atoms with Crippen LogP contribution in [0.15, 0.2) is 102 Å². The lowest BCUT2D eigenvalue weighted by Crippen LogP contribution is -2.31. The van der Waals surface area contributed by atoms with Crippen LogP contribution in [-0.4, -0.2) is 39.0 Å². The predicted molar refractivity (Wildman–Crippen MR) is 185 cm³/mol. The van der Waals surface area contributed by atoms with Crippen molar-refractivity contribution in [1.29, 1.82) is 0 Å². The smallest absolute Gasteiger partial charge is 0.243 e. The van der Waals surface area contributed by atoms with Gasteiger partial charge in [-0.1, -0.05) is 79.6 Å². The Labute approximate surface area is 286 Å². The lowest BCUT2D eigenvalue weighted by atomic mass is 9.99. The number of pyridine rings is 1. The Morgan fingerprint density at radius 1 is 0.792 bits per heavy atom. The molecule has 3 atom stereocenters. The minimum atomic E-state index is -0.565. The molecular formula is C38H43N3O6S. The normalized spacial score (nSPS) is 17.5. The van der Waals surface area contributed by atoms with Gasteiger partial charge in [0.05, 0.1) is 23.8 Å². The summed E-state index contributed by atoms with van der Waals surface area (Å²) >= 11 is 1.67. The first-order valence-electron chi connectivity index (χ1n) is 16.4. The number of aromatic nitrogens is 1. The zero-order chi connectivity index (χ0) is 33.6. The lowest BCUT2D eigenvalue weighted by Gasteiger charge is -2.36. The second kappa shape index (κ2) is 18.5. The number of nitrogens with one attached hydrogen (secondary N) is 2. The molecule has 2 amide bonds. The average molecular weight is 670 g/mol. The zero-order valence-corrected chi connectivity index (χ0v) is 27.7. The van der Waals surface area contributed by atoms with Gasteiger partial charge in [-0.05, 0) is 64.9 Å². The molecule has 0 unspecified atom stereocenters. The Balaban J connectivity index is 1.21. The molecule has 4 aromatic rings. The van der Waals surface area contributed by atoms with E-state index in [0.29, 0.717) is 25.8 Å². The Hall–Kier alpha value is -4.06. The number of thioether (sulfide) groups is 1. The molecule has 1 fully saturated rings. The molecule has 0 aliphatic carbocycles. The number of aliphatic hydroxyl groups excluding tert-OH is 1. The average Bonchev–Trinajstić information content (AvgIpc) is 3.15. The number of hydroxylamine groups is 1. The van der Waals surface area contributed by atoms with Crippen LogP contribution >= 0.6 is 11.8 Å². The number of ether oxygens (including phenoxy) is 2. The Morgan fingerprint density at radius 2 is 1.54 bits per heavy atom. The molecule has 3 aromatic carbocycles. The third-order valence-corrected chi connectivity index (χ3v) is 9.34. The van der Waals surface area contributed by atoms with Gasteiger partial charge in [-0.25, -0.2) is 10.5 Å². The molecule has 1 aliphatic heterocycles. The molecule has 0 radical (unpaired) electrons. The first-order chi connectivity index (χ1) is 23.5. The maximum absolute atomic E-state index is 12.4. The van der Waals surface area contributed by atoms with Gasteiger partial charge in [-0.2, -0.15) is 0 Å². The largest absolute Gasteiger partial charge is 0.392 e. The molecule has 1 saturated heterocycles. The summed E-state index contributed by atoms with van der Waals surface area (Å²) in [5.74, 6) is 0.352. The molecular weight excluding hydrogens is 627 g/mol. The summed E-state index contributed by atoms with van der Waals surface area (Å²) < 4.78 is 13.1. The quantitative estimate of drug-likeness (QED) is 0.0433. The lowest BCUT2D eigenvalue weighted by molar-refractivity contribution is -0.245. The van der Waals surface area contributed by atoms with Gasteiger partial charge in [0.2, 0.25) is 11.8 Å². The topological polar surface area (TPSA) is 130 Å². The second-order valence-corrected chi connectivity index (χ2v) is 12.9. The Bertz CT molecular complexity index is 1600. The van der Waals surface area contributed by atoms with Crippen molar-refractivity contribution in [1.82, 2.24) is 15.8 Å². The molecule has 1 aliphatic rings. The van der Waals surface area contributed by atoms with Crippen LogP contribution in [0, 0.1) is 0 Å². The van der Waals surface area contributed by atoms with Crippen LogP contribution in [0.5, 0.6) is 0 Å². The first kappa shape index (κ1) is 35.3. The van der Waals surface area contributed by atoms with Gasteiger partial charge in [0.1, 0.15) is 0 Å². The zero-order valence-electron chi connectivity index (χ0n) is 26.9. The van der Waals surface area contributed by atoms with E-state index in [0.717, 1.165) is 63.4 Å². The molecule has 9 nitrogen and oxygen atoms in total. The number of amides is 2. The number of hydrogen-bond acceptors (Lipinski definition) is 8. The summed E-state index contributed by atoms with van der Waals surface area (Å²) in [5, 5.41) is 22.0. The summed E-state index contributed by atoms with van der Waals surface area (Å²) in [6.07, 6.45) is 5.54.